The summed E-state index contributed by atoms with van der Waals surface area (Å²) in [7, 11) is 0. The van der Waals surface area contributed by atoms with Gasteiger partial charge in [-0.2, -0.15) is 0 Å². The van der Waals surface area contributed by atoms with E-state index in [0.29, 0.717) is 18.1 Å². The molecule has 2 saturated heterocycles. The lowest BCUT2D eigenvalue weighted by Gasteiger charge is -2.40. The Labute approximate surface area is 110 Å². The molecular weight excluding hydrogens is 226 g/mol. The molecule has 18 heavy (non-hydrogen) atoms. The third-order valence-electron chi connectivity index (χ3n) is 5.48. The molecule has 5 unspecified atom stereocenters. The maximum atomic E-state index is 11.3. The van der Waals surface area contributed by atoms with Gasteiger partial charge in [0, 0.05) is 18.1 Å². The number of carboxylic acids is 1. The molecule has 2 heterocycles. The van der Waals surface area contributed by atoms with Crippen molar-refractivity contribution >= 4 is 5.97 Å². The highest BCUT2D eigenvalue weighted by atomic mass is 16.4. The Morgan fingerprint density at radius 2 is 1.67 bits per heavy atom. The fourth-order valence-electron chi connectivity index (χ4n) is 5.01. The summed E-state index contributed by atoms with van der Waals surface area (Å²) < 4.78 is 0. The highest BCUT2D eigenvalue weighted by molar-refractivity contribution is 5.71. The van der Waals surface area contributed by atoms with Crippen LogP contribution in [0.3, 0.4) is 0 Å². The Bertz CT molecular complexity index is 333. The highest BCUT2D eigenvalue weighted by Gasteiger charge is 2.52. The van der Waals surface area contributed by atoms with Crippen LogP contribution in [0.5, 0.6) is 0 Å². The summed E-state index contributed by atoms with van der Waals surface area (Å²) in [6.07, 6.45) is 7.16. The van der Waals surface area contributed by atoms with Crippen LogP contribution in [0.4, 0.5) is 0 Å². The van der Waals surface area contributed by atoms with Crippen LogP contribution in [0.25, 0.3) is 0 Å². The molecule has 3 aliphatic rings. The monoisotopic (exact) mass is 251 g/mol. The van der Waals surface area contributed by atoms with Crippen molar-refractivity contribution in [1.29, 1.82) is 0 Å². The van der Waals surface area contributed by atoms with E-state index in [4.69, 9.17) is 0 Å². The third kappa shape index (κ3) is 1.97. The Kier molecular flexibility index (Phi) is 3.13. The van der Waals surface area contributed by atoms with Crippen LogP contribution < -0.4 is 0 Å². The van der Waals surface area contributed by atoms with Crippen molar-refractivity contribution in [1.82, 2.24) is 4.90 Å². The molecule has 0 aromatic carbocycles. The van der Waals surface area contributed by atoms with Crippen LogP contribution in [0, 0.1) is 17.8 Å². The minimum atomic E-state index is -0.566. The van der Waals surface area contributed by atoms with Gasteiger partial charge in [0.2, 0.25) is 0 Å². The number of aliphatic carboxylic acids is 1. The van der Waals surface area contributed by atoms with E-state index in [2.05, 4.69) is 18.7 Å². The Balaban J connectivity index is 1.75. The average molecular weight is 251 g/mol. The number of fused-ring (bicyclic) bond motifs is 2. The van der Waals surface area contributed by atoms with Crippen LogP contribution in [0.2, 0.25) is 0 Å². The van der Waals surface area contributed by atoms with Gasteiger partial charge in [-0.25, -0.2) is 0 Å². The maximum Gasteiger partial charge on any atom is 0.308 e. The van der Waals surface area contributed by atoms with Gasteiger partial charge < -0.3 is 5.11 Å². The number of hydrogen-bond donors (Lipinski definition) is 1. The first-order valence-electron chi connectivity index (χ1n) is 7.56. The molecule has 1 saturated carbocycles. The molecule has 0 aromatic heterocycles. The van der Waals surface area contributed by atoms with Crippen LogP contribution in [0.15, 0.2) is 0 Å². The van der Waals surface area contributed by atoms with Gasteiger partial charge in [-0.3, -0.25) is 9.69 Å². The Morgan fingerprint density at radius 1 is 1.00 bits per heavy atom. The van der Waals surface area contributed by atoms with E-state index in [-0.39, 0.29) is 5.92 Å². The summed E-state index contributed by atoms with van der Waals surface area (Å²) >= 11 is 0. The lowest BCUT2D eigenvalue weighted by atomic mass is 9.79. The van der Waals surface area contributed by atoms with Gasteiger partial charge in [-0.1, -0.05) is 13.8 Å². The summed E-state index contributed by atoms with van der Waals surface area (Å²) in [5.74, 6) is 0.962. The van der Waals surface area contributed by atoms with Gasteiger partial charge in [0.15, 0.2) is 0 Å². The summed E-state index contributed by atoms with van der Waals surface area (Å²) in [5.41, 5.74) is 0. The topological polar surface area (TPSA) is 40.5 Å². The molecule has 3 nitrogen and oxygen atoms in total. The molecule has 2 aliphatic heterocycles. The number of nitrogens with zero attached hydrogens (tertiary/aromatic N) is 1. The van der Waals surface area contributed by atoms with Gasteiger partial charge in [0.25, 0.3) is 0 Å². The molecule has 0 radical (unpaired) electrons. The predicted molar refractivity (Wildman–Crippen MR) is 70.4 cm³/mol. The second kappa shape index (κ2) is 4.52. The maximum absolute atomic E-state index is 11.3. The van der Waals surface area contributed by atoms with Crippen molar-refractivity contribution in [2.24, 2.45) is 17.8 Å². The number of carboxylic acid groups (broad SMARTS) is 1. The average Bonchev–Trinajstić information content (AvgIpc) is 2.84. The first-order valence-corrected chi connectivity index (χ1v) is 7.56. The van der Waals surface area contributed by atoms with Gasteiger partial charge in [0.1, 0.15) is 0 Å². The predicted octanol–water partition coefficient (Wildman–Crippen LogP) is 2.75. The van der Waals surface area contributed by atoms with Gasteiger partial charge in [-0.05, 0) is 50.4 Å². The van der Waals surface area contributed by atoms with Gasteiger partial charge in [-0.15, -0.1) is 0 Å². The molecule has 0 spiro atoms. The van der Waals surface area contributed by atoms with Crippen molar-refractivity contribution in [2.75, 3.05) is 0 Å². The molecule has 102 valence electrons. The molecule has 1 N–H and O–H groups in total. The zero-order chi connectivity index (χ0) is 12.9. The summed E-state index contributed by atoms with van der Waals surface area (Å²) in [4.78, 5) is 13.9. The SMILES string of the molecule is CC1CC(C)CC(N2C3CCC2C(C(=O)O)C3)C1. The number of carbonyl (C=O) groups is 1. The van der Waals surface area contributed by atoms with Gasteiger partial charge in [0.05, 0.1) is 5.92 Å². The minimum absolute atomic E-state index is 0.0868. The van der Waals surface area contributed by atoms with E-state index in [1.807, 2.05) is 0 Å². The fraction of sp³-hybridized carbons (Fsp3) is 0.933. The standard InChI is InChI=1S/C15H25NO2/c1-9-5-10(2)7-12(6-9)16-11-3-4-14(16)13(8-11)15(17)18/h9-14H,3-8H2,1-2H3,(H,17,18). The van der Waals surface area contributed by atoms with Crippen LogP contribution in [0.1, 0.15) is 52.4 Å². The normalized spacial score (nSPS) is 48.6. The summed E-state index contributed by atoms with van der Waals surface area (Å²) in [5, 5.41) is 9.33. The molecule has 3 rings (SSSR count). The molecular formula is C15H25NO2. The Morgan fingerprint density at radius 3 is 2.22 bits per heavy atom. The van der Waals surface area contributed by atoms with E-state index < -0.39 is 5.97 Å². The van der Waals surface area contributed by atoms with Crippen molar-refractivity contribution < 1.29 is 9.90 Å². The minimum Gasteiger partial charge on any atom is -0.481 e. The van der Waals surface area contributed by atoms with Crippen molar-refractivity contribution in [3.8, 4) is 0 Å². The molecule has 5 atom stereocenters. The van der Waals surface area contributed by atoms with Crippen molar-refractivity contribution in [3.05, 3.63) is 0 Å². The molecule has 2 bridgehead atoms. The summed E-state index contributed by atoms with van der Waals surface area (Å²) in [6.45, 7) is 4.71. The highest BCUT2D eigenvalue weighted by Crippen LogP contribution is 2.46. The number of rotatable bonds is 2. The quantitative estimate of drug-likeness (QED) is 0.820. The number of hydrogen-bond acceptors (Lipinski definition) is 2. The lowest BCUT2D eigenvalue weighted by molar-refractivity contribution is -0.142. The van der Waals surface area contributed by atoms with E-state index in [1.54, 1.807) is 0 Å². The van der Waals surface area contributed by atoms with E-state index >= 15 is 0 Å². The lowest BCUT2D eigenvalue weighted by Crippen LogP contribution is -2.44. The van der Waals surface area contributed by atoms with Crippen LogP contribution in [-0.2, 0) is 4.79 Å². The van der Waals surface area contributed by atoms with E-state index in [0.717, 1.165) is 24.7 Å². The summed E-state index contributed by atoms with van der Waals surface area (Å²) in [6, 6.07) is 1.57. The first-order chi connectivity index (χ1) is 8.56. The second-order valence-electron chi connectivity index (χ2n) is 7.00. The zero-order valence-electron chi connectivity index (χ0n) is 11.5. The van der Waals surface area contributed by atoms with Crippen LogP contribution in [-0.4, -0.2) is 34.1 Å². The fourth-order valence-corrected chi connectivity index (χ4v) is 5.01. The van der Waals surface area contributed by atoms with E-state index in [9.17, 15) is 9.90 Å². The largest absolute Gasteiger partial charge is 0.481 e. The zero-order valence-corrected chi connectivity index (χ0v) is 11.5. The van der Waals surface area contributed by atoms with Crippen molar-refractivity contribution in [3.63, 3.8) is 0 Å². The van der Waals surface area contributed by atoms with Gasteiger partial charge >= 0.3 is 5.97 Å². The van der Waals surface area contributed by atoms with E-state index in [1.165, 1.54) is 25.7 Å². The third-order valence-corrected chi connectivity index (χ3v) is 5.48. The first kappa shape index (κ1) is 12.5. The molecule has 0 aromatic rings. The second-order valence-corrected chi connectivity index (χ2v) is 7.00. The molecule has 0 amide bonds. The molecule has 1 aliphatic carbocycles. The molecule has 3 fully saturated rings. The molecule has 3 heteroatoms. The van der Waals surface area contributed by atoms with Crippen molar-refractivity contribution in [2.45, 2.75) is 70.5 Å². The Hall–Kier alpha value is -0.570. The smallest absolute Gasteiger partial charge is 0.308 e. The van der Waals surface area contributed by atoms with Crippen LogP contribution >= 0.6 is 0 Å².